The minimum atomic E-state index is -0.312. The maximum Gasteiger partial charge on any atom is 0.107 e. The summed E-state index contributed by atoms with van der Waals surface area (Å²) < 4.78 is 11.3. The lowest BCUT2D eigenvalue weighted by molar-refractivity contribution is -0.117. The molecule has 1 aromatic carbocycles. The van der Waals surface area contributed by atoms with Crippen molar-refractivity contribution in [3.8, 4) is 0 Å². The van der Waals surface area contributed by atoms with Crippen molar-refractivity contribution in [3.05, 3.63) is 42.0 Å². The van der Waals surface area contributed by atoms with E-state index in [1.54, 1.807) is 0 Å². The van der Waals surface area contributed by atoms with Crippen molar-refractivity contribution in [2.45, 2.75) is 37.8 Å². The number of ether oxygens (including phenoxy) is 2. The number of epoxide rings is 1. The number of hydrogen-bond acceptors (Lipinski definition) is 3. The average molecular weight is 260 g/mol. The Kier molecular flexibility index (Phi) is 3.69. The number of rotatable bonds is 3. The second kappa shape index (κ2) is 5.45. The molecular formula is C16H20O3. The molecule has 0 aromatic heterocycles. The highest BCUT2D eigenvalue weighted by molar-refractivity contribution is 5.49. The van der Waals surface area contributed by atoms with Crippen LogP contribution in [0, 0.1) is 5.92 Å². The highest BCUT2D eigenvalue weighted by Gasteiger charge is 2.42. The van der Waals surface area contributed by atoms with Gasteiger partial charge in [-0.1, -0.05) is 49.4 Å². The quantitative estimate of drug-likeness (QED) is 0.848. The predicted octanol–water partition coefficient (Wildman–Crippen LogP) is 2.25. The van der Waals surface area contributed by atoms with Crippen LogP contribution in [0.3, 0.4) is 0 Å². The van der Waals surface area contributed by atoms with Crippen molar-refractivity contribution in [2.24, 2.45) is 5.92 Å². The fourth-order valence-corrected chi connectivity index (χ4v) is 2.55. The van der Waals surface area contributed by atoms with Crippen LogP contribution >= 0.6 is 0 Å². The second-order valence-corrected chi connectivity index (χ2v) is 5.44. The molecule has 0 bridgehead atoms. The molecule has 2 aliphatic rings. The molecule has 2 heterocycles. The third kappa shape index (κ3) is 3.06. The molecule has 1 N–H and O–H groups in total. The minimum absolute atomic E-state index is 0.0385. The van der Waals surface area contributed by atoms with E-state index >= 15 is 0 Å². The zero-order chi connectivity index (χ0) is 13.2. The Morgan fingerprint density at radius 3 is 2.63 bits per heavy atom. The van der Waals surface area contributed by atoms with E-state index in [9.17, 15) is 5.11 Å². The van der Waals surface area contributed by atoms with Crippen molar-refractivity contribution in [1.82, 2.24) is 0 Å². The molecule has 2 fully saturated rings. The van der Waals surface area contributed by atoms with E-state index in [0.717, 1.165) is 12.2 Å². The van der Waals surface area contributed by atoms with Crippen LogP contribution in [0.15, 0.2) is 36.4 Å². The van der Waals surface area contributed by atoms with Gasteiger partial charge in [0.1, 0.15) is 6.10 Å². The highest BCUT2D eigenvalue weighted by Crippen LogP contribution is 2.32. The molecule has 0 spiro atoms. The SMILES string of the molecule is C[C@@H]1C(O)C[C@H]([C@@H]2CO2)O[C@H]1/C=C/c1ccccc1. The van der Waals surface area contributed by atoms with Crippen molar-refractivity contribution in [1.29, 1.82) is 0 Å². The molecule has 0 aliphatic carbocycles. The maximum atomic E-state index is 10.1. The fourth-order valence-electron chi connectivity index (χ4n) is 2.55. The van der Waals surface area contributed by atoms with Gasteiger partial charge in [0.25, 0.3) is 0 Å². The average Bonchev–Trinajstić information content (AvgIpc) is 3.26. The van der Waals surface area contributed by atoms with Crippen LogP contribution in [0.2, 0.25) is 0 Å². The van der Waals surface area contributed by atoms with E-state index in [2.05, 4.69) is 24.3 Å². The lowest BCUT2D eigenvalue weighted by Gasteiger charge is -2.36. The van der Waals surface area contributed by atoms with Gasteiger partial charge in [0.05, 0.1) is 24.9 Å². The Morgan fingerprint density at radius 1 is 1.21 bits per heavy atom. The van der Waals surface area contributed by atoms with Crippen molar-refractivity contribution >= 4 is 6.08 Å². The first-order valence-electron chi connectivity index (χ1n) is 6.92. The first kappa shape index (κ1) is 12.9. The standard InChI is InChI=1S/C16H20O3/c1-11-13(17)9-15(16-10-18-16)19-14(11)8-7-12-5-3-2-4-6-12/h2-8,11,13-17H,9-10H2,1H3/b8-7+/t11-,13?,14+,15-,16+/m1/s1. The van der Waals surface area contributed by atoms with Crippen molar-refractivity contribution in [3.63, 3.8) is 0 Å². The smallest absolute Gasteiger partial charge is 0.107 e. The first-order valence-corrected chi connectivity index (χ1v) is 6.92. The summed E-state index contributed by atoms with van der Waals surface area (Å²) in [6, 6.07) is 10.1. The van der Waals surface area contributed by atoms with Crippen molar-refractivity contribution < 1.29 is 14.6 Å². The van der Waals surface area contributed by atoms with Crippen molar-refractivity contribution in [2.75, 3.05) is 6.61 Å². The molecular weight excluding hydrogens is 240 g/mol. The molecule has 0 amide bonds. The highest BCUT2D eigenvalue weighted by atomic mass is 16.6. The molecule has 1 unspecified atom stereocenters. The second-order valence-electron chi connectivity index (χ2n) is 5.44. The number of aliphatic hydroxyl groups excluding tert-OH is 1. The van der Waals surface area contributed by atoms with Gasteiger partial charge in [0.2, 0.25) is 0 Å². The molecule has 3 nitrogen and oxygen atoms in total. The Hall–Kier alpha value is -1.16. The van der Waals surface area contributed by atoms with Crippen LogP contribution < -0.4 is 0 Å². The number of benzene rings is 1. The van der Waals surface area contributed by atoms with Crippen LogP contribution in [-0.2, 0) is 9.47 Å². The summed E-state index contributed by atoms with van der Waals surface area (Å²) in [5.74, 6) is 0.120. The zero-order valence-electron chi connectivity index (χ0n) is 11.1. The van der Waals surface area contributed by atoms with E-state index < -0.39 is 0 Å². The molecule has 3 heteroatoms. The lowest BCUT2D eigenvalue weighted by Crippen LogP contribution is -2.44. The van der Waals surface area contributed by atoms with E-state index in [1.165, 1.54) is 0 Å². The van der Waals surface area contributed by atoms with Gasteiger partial charge in [-0.05, 0) is 5.56 Å². The van der Waals surface area contributed by atoms with E-state index in [0.29, 0.717) is 6.42 Å². The molecule has 5 atom stereocenters. The van der Waals surface area contributed by atoms with Gasteiger partial charge in [0, 0.05) is 12.3 Å². The summed E-state index contributed by atoms with van der Waals surface area (Å²) in [4.78, 5) is 0. The lowest BCUT2D eigenvalue weighted by atomic mass is 9.89. The topological polar surface area (TPSA) is 42.0 Å². The minimum Gasteiger partial charge on any atom is -0.393 e. The normalized spacial score (nSPS) is 38.5. The summed E-state index contributed by atoms with van der Waals surface area (Å²) in [6.45, 7) is 2.80. The summed E-state index contributed by atoms with van der Waals surface area (Å²) >= 11 is 0. The third-order valence-corrected chi connectivity index (χ3v) is 3.98. The molecule has 0 saturated carbocycles. The summed E-state index contributed by atoms with van der Waals surface area (Å²) in [6.07, 6.45) is 4.67. The monoisotopic (exact) mass is 260 g/mol. The maximum absolute atomic E-state index is 10.1. The summed E-state index contributed by atoms with van der Waals surface area (Å²) in [5, 5.41) is 10.1. The Morgan fingerprint density at radius 2 is 1.95 bits per heavy atom. The van der Waals surface area contributed by atoms with E-state index in [-0.39, 0.29) is 30.3 Å². The summed E-state index contributed by atoms with van der Waals surface area (Å²) in [7, 11) is 0. The molecule has 1 aromatic rings. The van der Waals surface area contributed by atoms with Crippen LogP contribution in [0.4, 0.5) is 0 Å². The molecule has 19 heavy (non-hydrogen) atoms. The Bertz CT molecular complexity index is 439. The number of hydrogen-bond donors (Lipinski definition) is 1. The number of aliphatic hydroxyl groups is 1. The molecule has 102 valence electrons. The Balaban J connectivity index is 1.69. The van der Waals surface area contributed by atoms with Gasteiger partial charge in [-0.3, -0.25) is 0 Å². The molecule has 3 rings (SSSR count). The van der Waals surface area contributed by atoms with Gasteiger partial charge >= 0.3 is 0 Å². The van der Waals surface area contributed by atoms with Crippen LogP contribution in [-0.4, -0.2) is 36.1 Å². The van der Waals surface area contributed by atoms with Crippen LogP contribution in [0.1, 0.15) is 18.9 Å². The predicted molar refractivity (Wildman–Crippen MR) is 73.7 cm³/mol. The molecule has 0 radical (unpaired) electrons. The largest absolute Gasteiger partial charge is 0.393 e. The van der Waals surface area contributed by atoms with Gasteiger partial charge in [-0.15, -0.1) is 0 Å². The zero-order valence-corrected chi connectivity index (χ0v) is 11.1. The van der Waals surface area contributed by atoms with Crippen LogP contribution in [0.25, 0.3) is 6.08 Å². The molecule has 2 aliphatic heterocycles. The van der Waals surface area contributed by atoms with E-state index in [1.807, 2.05) is 25.1 Å². The van der Waals surface area contributed by atoms with Crippen LogP contribution in [0.5, 0.6) is 0 Å². The van der Waals surface area contributed by atoms with Gasteiger partial charge in [0.15, 0.2) is 0 Å². The van der Waals surface area contributed by atoms with E-state index in [4.69, 9.17) is 9.47 Å². The third-order valence-electron chi connectivity index (χ3n) is 3.98. The van der Waals surface area contributed by atoms with Gasteiger partial charge < -0.3 is 14.6 Å². The Labute approximate surface area is 113 Å². The first-order chi connectivity index (χ1) is 9.24. The summed E-state index contributed by atoms with van der Waals surface area (Å²) in [5.41, 5.74) is 1.15. The molecule has 2 saturated heterocycles. The fraction of sp³-hybridized carbons (Fsp3) is 0.500. The van der Waals surface area contributed by atoms with Gasteiger partial charge in [-0.25, -0.2) is 0 Å². The van der Waals surface area contributed by atoms with Gasteiger partial charge in [-0.2, -0.15) is 0 Å².